The van der Waals surface area contributed by atoms with Crippen molar-refractivity contribution in [1.29, 1.82) is 0 Å². The molecular formula is C16H25N. The Hall–Kier alpha value is -0.820. The Balaban J connectivity index is 2.04. The summed E-state index contributed by atoms with van der Waals surface area (Å²) in [5, 5.41) is 3.75. The lowest BCUT2D eigenvalue weighted by Gasteiger charge is -2.19. The van der Waals surface area contributed by atoms with E-state index >= 15 is 0 Å². The number of rotatable bonds is 3. The molecule has 0 saturated heterocycles. The van der Waals surface area contributed by atoms with E-state index in [1.54, 1.807) is 0 Å². The van der Waals surface area contributed by atoms with Crippen LogP contribution in [-0.4, -0.2) is 6.04 Å². The van der Waals surface area contributed by atoms with Crippen molar-refractivity contribution >= 4 is 0 Å². The van der Waals surface area contributed by atoms with E-state index in [9.17, 15) is 0 Å². The van der Waals surface area contributed by atoms with Crippen molar-refractivity contribution in [2.75, 3.05) is 0 Å². The maximum absolute atomic E-state index is 3.75. The molecule has 0 aliphatic heterocycles. The van der Waals surface area contributed by atoms with Crippen LogP contribution in [0.2, 0.25) is 0 Å². The minimum atomic E-state index is 0.732. The molecule has 0 aromatic heterocycles. The lowest BCUT2D eigenvalue weighted by molar-refractivity contribution is 0.425. The van der Waals surface area contributed by atoms with Crippen LogP contribution in [0.25, 0.3) is 0 Å². The fourth-order valence-corrected chi connectivity index (χ4v) is 3.17. The first-order valence-corrected chi connectivity index (χ1v) is 6.88. The summed E-state index contributed by atoms with van der Waals surface area (Å²) in [5.41, 5.74) is 5.73. The Morgan fingerprint density at radius 1 is 1.12 bits per heavy atom. The maximum atomic E-state index is 3.75. The van der Waals surface area contributed by atoms with Crippen molar-refractivity contribution in [3.63, 3.8) is 0 Å². The molecule has 0 bridgehead atoms. The van der Waals surface area contributed by atoms with Crippen molar-refractivity contribution in [2.24, 2.45) is 5.92 Å². The van der Waals surface area contributed by atoms with Gasteiger partial charge in [-0.1, -0.05) is 31.0 Å². The molecule has 17 heavy (non-hydrogen) atoms. The Bertz CT molecular complexity index is 372. The predicted octanol–water partition coefficient (Wildman–Crippen LogP) is 3.89. The summed E-state index contributed by atoms with van der Waals surface area (Å²) >= 11 is 0. The number of benzene rings is 1. The second-order valence-electron chi connectivity index (χ2n) is 5.77. The monoisotopic (exact) mass is 231 g/mol. The maximum Gasteiger partial charge on any atom is 0.0213 e. The van der Waals surface area contributed by atoms with Crippen LogP contribution in [0.3, 0.4) is 0 Å². The number of nitrogens with one attached hydrogen (secondary N) is 1. The molecule has 1 saturated carbocycles. The van der Waals surface area contributed by atoms with Crippen LogP contribution in [0.5, 0.6) is 0 Å². The van der Waals surface area contributed by atoms with E-state index in [1.807, 2.05) is 0 Å². The van der Waals surface area contributed by atoms with Gasteiger partial charge in [0.2, 0.25) is 0 Å². The average molecular weight is 231 g/mol. The van der Waals surface area contributed by atoms with Gasteiger partial charge in [0.15, 0.2) is 0 Å². The third kappa shape index (κ3) is 2.90. The highest BCUT2D eigenvalue weighted by atomic mass is 14.9. The number of hydrogen-bond donors (Lipinski definition) is 1. The SMILES string of the molecule is Cc1cc(C)c(CNC2CCCC2C)c(C)c1. The van der Waals surface area contributed by atoms with Gasteiger partial charge in [0.1, 0.15) is 0 Å². The Kier molecular flexibility index (Phi) is 3.88. The molecule has 94 valence electrons. The van der Waals surface area contributed by atoms with Gasteiger partial charge in [-0.2, -0.15) is 0 Å². The molecule has 2 rings (SSSR count). The lowest BCUT2D eigenvalue weighted by atomic mass is 9.99. The van der Waals surface area contributed by atoms with Gasteiger partial charge in [-0.05, 0) is 56.2 Å². The van der Waals surface area contributed by atoms with E-state index in [1.165, 1.54) is 41.5 Å². The van der Waals surface area contributed by atoms with Crippen LogP contribution in [0, 0.1) is 26.7 Å². The Labute approximate surface area is 106 Å². The molecule has 1 heteroatoms. The quantitative estimate of drug-likeness (QED) is 0.832. The van der Waals surface area contributed by atoms with E-state index in [0.717, 1.165) is 18.5 Å². The largest absolute Gasteiger partial charge is 0.310 e. The molecular weight excluding hydrogens is 206 g/mol. The fourth-order valence-electron chi connectivity index (χ4n) is 3.17. The minimum absolute atomic E-state index is 0.732. The smallest absolute Gasteiger partial charge is 0.0213 e. The second kappa shape index (κ2) is 5.22. The first-order chi connectivity index (χ1) is 8.08. The number of aryl methyl sites for hydroxylation is 3. The molecule has 1 fully saturated rings. The molecule has 0 radical (unpaired) electrons. The van der Waals surface area contributed by atoms with Gasteiger partial charge >= 0.3 is 0 Å². The summed E-state index contributed by atoms with van der Waals surface area (Å²) in [7, 11) is 0. The second-order valence-corrected chi connectivity index (χ2v) is 5.77. The van der Waals surface area contributed by atoms with Crippen molar-refractivity contribution < 1.29 is 0 Å². The first kappa shape index (κ1) is 12.6. The summed E-state index contributed by atoms with van der Waals surface area (Å²) in [5.74, 6) is 0.848. The molecule has 2 unspecified atom stereocenters. The highest BCUT2D eigenvalue weighted by molar-refractivity contribution is 5.37. The predicted molar refractivity (Wildman–Crippen MR) is 74.3 cm³/mol. The molecule has 1 nitrogen and oxygen atoms in total. The molecule has 0 amide bonds. The summed E-state index contributed by atoms with van der Waals surface area (Å²) < 4.78 is 0. The zero-order valence-corrected chi connectivity index (χ0v) is 11.6. The van der Waals surface area contributed by atoms with Crippen molar-refractivity contribution in [3.05, 3.63) is 34.4 Å². The standard InChI is InChI=1S/C16H25N/c1-11-8-13(3)15(14(4)9-11)10-17-16-7-5-6-12(16)2/h8-9,12,16-17H,5-7,10H2,1-4H3. The average Bonchev–Trinajstić information content (AvgIpc) is 2.62. The van der Waals surface area contributed by atoms with Crippen molar-refractivity contribution in [2.45, 2.75) is 59.5 Å². The lowest BCUT2D eigenvalue weighted by Crippen LogP contribution is -2.31. The van der Waals surface area contributed by atoms with Crippen LogP contribution >= 0.6 is 0 Å². The summed E-state index contributed by atoms with van der Waals surface area (Å²) in [4.78, 5) is 0. The topological polar surface area (TPSA) is 12.0 Å². The molecule has 1 N–H and O–H groups in total. The number of hydrogen-bond acceptors (Lipinski definition) is 1. The zero-order chi connectivity index (χ0) is 12.4. The third-order valence-corrected chi connectivity index (χ3v) is 4.24. The van der Waals surface area contributed by atoms with Gasteiger partial charge in [0, 0.05) is 12.6 Å². The highest BCUT2D eigenvalue weighted by Crippen LogP contribution is 2.25. The Morgan fingerprint density at radius 2 is 1.76 bits per heavy atom. The van der Waals surface area contributed by atoms with E-state index in [-0.39, 0.29) is 0 Å². The van der Waals surface area contributed by atoms with Gasteiger partial charge in [0.25, 0.3) is 0 Å². The molecule has 1 aliphatic carbocycles. The molecule has 1 aromatic rings. The summed E-state index contributed by atoms with van der Waals surface area (Å²) in [6.07, 6.45) is 4.14. The van der Waals surface area contributed by atoms with Crippen molar-refractivity contribution in [3.8, 4) is 0 Å². The van der Waals surface area contributed by atoms with E-state index in [0.29, 0.717) is 0 Å². The van der Waals surface area contributed by atoms with Crippen molar-refractivity contribution in [1.82, 2.24) is 5.32 Å². The summed E-state index contributed by atoms with van der Waals surface area (Å²) in [6, 6.07) is 5.32. The van der Waals surface area contributed by atoms with Gasteiger partial charge in [-0.15, -0.1) is 0 Å². The van der Waals surface area contributed by atoms with E-state index < -0.39 is 0 Å². The first-order valence-electron chi connectivity index (χ1n) is 6.88. The van der Waals surface area contributed by atoms with Crippen LogP contribution < -0.4 is 5.32 Å². The Morgan fingerprint density at radius 3 is 2.29 bits per heavy atom. The molecule has 0 spiro atoms. The molecule has 1 aromatic carbocycles. The van der Waals surface area contributed by atoms with Crippen LogP contribution in [0.1, 0.15) is 48.4 Å². The molecule has 2 atom stereocenters. The van der Waals surface area contributed by atoms with E-state index in [4.69, 9.17) is 0 Å². The van der Waals surface area contributed by atoms with Gasteiger partial charge in [-0.3, -0.25) is 0 Å². The fraction of sp³-hybridized carbons (Fsp3) is 0.625. The highest BCUT2D eigenvalue weighted by Gasteiger charge is 2.22. The van der Waals surface area contributed by atoms with Crippen LogP contribution in [0.15, 0.2) is 12.1 Å². The third-order valence-electron chi connectivity index (χ3n) is 4.24. The minimum Gasteiger partial charge on any atom is -0.310 e. The van der Waals surface area contributed by atoms with Gasteiger partial charge in [0.05, 0.1) is 0 Å². The van der Waals surface area contributed by atoms with Gasteiger partial charge < -0.3 is 5.32 Å². The van der Waals surface area contributed by atoms with Gasteiger partial charge in [-0.25, -0.2) is 0 Å². The van der Waals surface area contributed by atoms with Crippen LogP contribution in [0.4, 0.5) is 0 Å². The van der Waals surface area contributed by atoms with E-state index in [2.05, 4.69) is 45.1 Å². The summed E-state index contributed by atoms with van der Waals surface area (Å²) in [6.45, 7) is 10.0. The van der Waals surface area contributed by atoms with Crippen LogP contribution in [-0.2, 0) is 6.54 Å². The zero-order valence-electron chi connectivity index (χ0n) is 11.6. The normalized spacial score (nSPS) is 24.2. The molecule has 0 heterocycles. The molecule has 1 aliphatic rings.